The largest absolute Gasteiger partial charge is 0.475 e. The number of hydrogen-bond acceptors (Lipinski definition) is 6. The third-order valence-corrected chi connectivity index (χ3v) is 5.49. The van der Waals surface area contributed by atoms with Crippen LogP contribution < -0.4 is 4.74 Å². The smallest absolute Gasteiger partial charge is 0.264 e. The topological polar surface area (TPSA) is 58.6 Å². The fourth-order valence-electron chi connectivity index (χ4n) is 2.50. The summed E-state index contributed by atoms with van der Waals surface area (Å²) in [4.78, 5) is 17.4. The van der Waals surface area contributed by atoms with Crippen molar-refractivity contribution in [2.24, 2.45) is 0 Å². The van der Waals surface area contributed by atoms with Crippen LogP contribution in [0.25, 0.3) is 0 Å². The molecule has 0 saturated carbocycles. The summed E-state index contributed by atoms with van der Waals surface area (Å²) in [5.41, 5.74) is 0.876. The molecule has 0 atom stereocenters. The Morgan fingerprint density at radius 1 is 1.21 bits per heavy atom. The zero-order chi connectivity index (χ0) is 16.9. The van der Waals surface area contributed by atoms with E-state index in [9.17, 15) is 4.79 Å². The molecule has 8 heteroatoms. The van der Waals surface area contributed by atoms with E-state index < -0.39 is 0 Å². The van der Waals surface area contributed by atoms with E-state index in [4.69, 9.17) is 4.74 Å². The SMILES string of the molecule is Cc1ccc(OCCN2CCN(C(=O)c3ccc(Br)s3)CC2)nn1. The van der Waals surface area contributed by atoms with E-state index >= 15 is 0 Å². The van der Waals surface area contributed by atoms with Crippen molar-refractivity contribution < 1.29 is 9.53 Å². The van der Waals surface area contributed by atoms with Crippen molar-refractivity contribution >= 4 is 33.2 Å². The summed E-state index contributed by atoms with van der Waals surface area (Å²) in [7, 11) is 0. The summed E-state index contributed by atoms with van der Waals surface area (Å²) < 4.78 is 6.60. The summed E-state index contributed by atoms with van der Waals surface area (Å²) in [6, 6.07) is 7.51. The third kappa shape index (κ3) is 4.52. The standard InChI is InChI=1S/C16H19BrN4O2S/c1-12-2-5-15(19-18-12)23-11-10-20-6-8-21(9-7-20)16(22)13-3-4-14(17)24-13/h2-5H,6-11H2,1H3. The molecular formula is C16H19BrN4O2S. The molecule has 1 amide bonds. The molecule has 6 nitrogen and oxygen atoms in total. The maximum atomic E-state index is 12.4. The maximum absolute atomic E-state index is 12.4. The van der Waals surface area contributed by atoms with Crippen LogP contribution in [0.1, 0.15) is 15.4 Å². The van der Waals surface area contributed by atoms with E-state index in [1.807, 2.05) is 36.1 Å². The van der Waals surface area contributed by atoms with Gasteiger partial charge in [0, 0.05) is 38.8 Å². The lowest BCUT2D eigenvalue weighted by Crippen LogP contribution is -2.49. The van der Waals surface area contributed by atoms with E-state index in [0.29, 0.717) is 12.5 Å². The van der Waals surface area contributed by atoms with Crippen LogP contribution in [-0.2, 0) is 0 Å². The van der Waals surface area contributed by atoms with Gasteiger partial charge in [0.2, 0.25) is 5.88 Å². The van der Waals surface area contributed by atoms with E-state index in [2.05, 4.69) is 31.0 Å². The second kappa shape index (κ2) is 8.04. The molecular weight excluding hydrogens is 392 g/mol. The first-order valence-electron chi connectivity index (χ1n) is 7.82. The minimum absolute atomic E-state index is 0.122. The zero-order valence-corrected chi connectivity index (χ0v) is 15.8. The summed E-state index contributed by atoms with van der Waals surface area (Å²) in [5.74, 6) is 0.675. The molecule has 1 saturated heterocycles. The van der Waals surface area contributed by atoms with Gasteiger partial charge in [-0.25, -0.2) is 0 Å². The Hall–Kier alpha value is -1.51. The van der Waals surface area contributed by atoms with Crippen LogP contribution in [0.4, 0.5) is 0 Å². The minimum atomic E-state index is 0.122. The third-order valence-electron chi connectivity index (χ3n) is 3.87. The molecule has 0 N–H and O–H groups in total. The van der Waals surface area contributed by atoms with E-state index in [1.54, 1.807) is 0 Å². The predicted molar refractivity (Wildman–Crippen MR) is 96.6 cm³/mol. The first-order valence-corrected chi connectivity index (χ1v) is 9.43. The second-order valence-corrected chi connectivity index (χ2v) is 8.06. The molecule has 3 heterocycles. The number of thiophene rings is 1. The minimum Gasteiger partial charge on any atom is -0.475 e. The van der Waals surface area contributed by atoms with E-state index in [1.165, 1.54) is 11.3 Å². The molecule has 0 spiro atoms. The van der Waals surface area contributed by atoms with Gasteiger partial charge in [-0.05, 0) is 41.1 Å². The normalized spacial score (nSPS) is 15.5. The van der Waals surface area contributed by atoms with Crippen LogP contribution in [0.2, 0.25) is 0 Å². The maximum Gasteiger partial charge on any atom is 0.264 e. The van der Waals surface area contributed by atoms with Crippen LogP contribution >= 0.6 is 27.3 Å². The molecule has 24 heavy (non-hydrogen) atoms. The highest BCUT2D eigenvalue weighted by molar-refractivity contribution is 9.11. The number of rotatable bonds is 5. The summed E-state index contributed by atoms with van der Waals surface area (Å²) in [5, 5.41) is 7.95. The van der Waals surface area contributed by atoms with Gasteiger partial charge in [-0.15, -0.1) is 16.4 Å². The van der Waals surface area contributed by atoms with Gasteiger partial charge in [0.1, 0.15) is 6.61 Å². The second-order valence-electron chi connectivity index (χ2n) is 5.60. The van der Waals surface area contributed by atoms with Crippen molar-refractivity contribution in [3.05, 3.63) is 38.6 Å². The van der Waals surface area contributed by atoms with Gasteiger partial charge in [0.05, 0.1) is 14.4 Å². The van der Waals surface area contributed by atoms with Gasteiger partial charge < -0.3 is 9.64 Å². The van der Waals surface area contributed by atoms with Gasteiger partial charge in [-0.1, -0.05) is 0 Å². The van der Waals surface area contributed by atoms with Crippen LogP contribution in [0, 0.1) is 6.92 Å². The van der Waals surface area contributed by atoms with Crippen LogP contribution in [-0.4, -0.2) is 65.2 Å². The first kappa shape index (κ1) is 17.3. The number of aryl methyl sites for hydroxylation is 1. The molecule has 1 aliphatic rings. The van der Waals surface area contributed by atoms with Crippen LogP contribution in [0.5, 0.6) is 5.88 Å². The van der Waals surface area contributed by atoms with Crippen LogP contribution in [0.3, 0.4) is 0 Å². The molecule has 0 unspecified atom stereocenters. The Balaban J connectivity index is 1.40. The molecule has 2 aromatic heterocycles. The van der Waals surface area contributed by atoms with Gasteiger partial charge in [-0.3, -0.25) is 9.69 Å². The Bertz CT molecular complexity index is 684. The molecule has 2 aromatic rings. The Morgan fingerprint density at radius 2 is 2.00 bits per heavy atom. The highest BCUT2D eigenvalue weighted by Crippen LogP contribution is 2.23. The lowest BCUT2D eigenvalue weighted by atomic mass is 10.3. The van der Waals surface area contributed by atoms with Gasteiger partial charge in [0.15, 0.2) is 0 Å². The molecule has 0 aromatic carbocycles. The molecule has 0 aliphatic carbocycles. The number of halogens is 1. The number of piperazine rings is 1. The van der Waals surface area contributed by atoms with Crippen molar-refractivity contribution in [2.45, 2.75) is 6.92 Å². The fourth-order valence-corrected chi connectivity index (χ4v) is 3.86. The summed E-state index contributed by atoms with van der Waals surface area (Å²) >= 11 is 4.88. The number of carbonyl (C=O) groups excluding carboxylic acids is 1. The highest BCUT2D eigenvalue weighted by atomic mass is 79.9. The number of nitrogens with zero attached hydrogens (tertiary/aromatic N) is 4. The zero-order valence-electron chi connectivity index (χ0n) is 13.4. The van der Waals surface area contributed by atoms with Gasteiger partial charge in [-0.2, -0.15) is 5.10 Å². The molecule has 0 bridgehead atoms. The number of amides is 1. The first-order chi connectivity index (χ1) is 11.6. The van der Waals surface area contributed by atoms with Crippen molar-refractivity contribution in [1.82, 2.24) is 20.0 Å². The van der Waals surface area contributed by atoms with Crippen LogP contribution in [0.15, 0.2) is 28.1 Å². The lowest BCUT2D eigenvalue weighted by Gasteiger charge is -2.34. The highest BCUT2D eigenvalue weighted by Gasteiger charge is 2.22. The Morgan fingerprint density at radius 3 is 2.62 bits per heavy atom. The van der Waals surface area contributed by atoms with Crippen molar-refractivity contribution in [1.29, 1.82) is 0 Å². The number of hydrogen-bond donors (Lipinski definition) is 0. The van der Waals surface area contributed by atoms with Crippen molar-refractivity contribution in [3.63, 3.8) is 0 Å². The molecule has 1 aliphatic heterocycles. The number of aromatic nitrogens is 2. The Labute approximate surface area is 153 Å². The quantitative estimate of drug-likeness (QED) is 0.757. The van der Waals surface area contributed by atoms with E-state index in [0.717, 1.165) is 47.1 Å². The van der Waals surface area contributed by atoms with Crippen molar-refractivity contribution in [3.8, 4) is 5.88 Å². The van der Waals surface area contributed by atoms with Gasteiger partial charge in [0.25, 0.3) is 5.91 Å². The lowest BCUT2D eigenvalue weighted by molar-refractivity contribution is 0.0624. The summed E-state index contributed by atoms with van der Waals surface area (Å²) in [6.07, 6.45) is 0. The fraction of sp³-hybridized carbons (Fsp3) is 0.438. The van der Waals surface area contributed by atoms with E-state index in [-0.39, 0.29) is 5.91 Å². The average molecular weight is 411 g/mol. The Kier molecular flexibility index (Phi) is 5.80. The molecule has 3 rings (SSSR count). The van der Waals surface area contributed by atoms with Gasteiger partial charge >= 0.3 is 0 Å². The monoisotopic (exact) mass is 410 g/mol. The summed E-state index contributed by atoms with van der Waals surface area (Å²) in [6.45, 7) is 6.51. The number of ether oxygens (including phenoxy) is 1. The average Bonchev–Trinajstić information content (AvgIpc) is 3.03. The number of carbonyl (C=O) groups is 1. The molecule has 0 radical (unpaired) electrons. The predicted octanol–water partition coefficient (Wildman–Crippen LogP) is 2.45. The molecule has 1 fully saturated rings. The van der Waals surface area contributed by atoms with Crippen molar-refractivity contribution in [2.75, 3.05) is 39.3 Å². The molecule has 128 valence electrons.